The van der Waals surface area contributed by atoms with Crippen molar-refractivity contribution in [3.8, 4) is 0 Å². The number of ether oxygens (including phenoxy) is 1. The summed E-state index contributed by atoms with van der Waals surface area (Å²) in [4.78, 5) is 0. The summed E-state index contributed by atoms with van der Waals surface area (Å²) in [6, 6.07) is 12.0. The molecule has 2 atom stereocenters. The van der Waals surface area contributed by atoms with Gasteiger partial charge in [-0.3, -0.25) is 0 Å². The maximum atomic E-state index is 6.09. The third-order valence-corrected chi connectivity index (χ3v) is 5.07. The number of nitrogens with one attached hydrogen (secondary N) is 1. The van der Waals surface area contributed by atoms with E-state index in [1.807, 2.05) is 0 Å². The van der Waals surface area contributed by atoms with Crippen LogP contribution in [0.3, 0.4) is 0 Å². The average Bonchev–Trinajstić information content (AvgIpc) is 2.55. The van der Waals surface area contributed by atoms with Gasteiger partial charge in [0.2, 0.25) is 0 Å². The standard InChI is InChI=1S/C19H31NO/c1-4-17(14-16-10-8-7-9-11-16)20-18-12-13-21-19(5-2,6-3)15-18/h7-11,17-18,20H,4-6,12-15H2,1-3H3. The van der Waals surface area contributed by atoms with E-state index in [4.69, 9.17) is 4.74 Å². The minimum atomic E-state index is 0.112. The molecule has 0 saturated carbocycles. The van der Waals surface area contributed by atoms with Gasteiger partial charge in [-0.1, -0.05) is 51.1 Å². The van der Waals surface area contributed by atoms with Crippen molar-refractivity contribution in [3.63, 3.8) is 0 Å². The Morgan fingerprint density at radius 3 is 2.52 bits per heavy atom. The summed E-state index contributed by atoms with van der Waals surface area (Å²) in [6.07, 6.45) is 6.85. The molecule has 1 saturated heterocycles. The Morgan fingerprint density at radius 1 is 1.19 bits per heavy atom. The molecule has 0 radical (unpaired) electrons. The van der Waals surface area contributed by atoms with Gasteiger partial charge in [0.15, 0.2) is 0 Å². The van der Waals surface area contributed by atoms with Gasteiger partial charge in [0.05, 0.1) is 5.60 Å². The van der Waals surface area contributed by atoms with Crippen LogP contribution < -0.4 is 5.32 Å². The van der Waals surface area contributed by atoms with Gasteiger partial charge in [-0.2, -0.15) is 0 Å². The molecule has 2 nitrogen and oxygen atoms in total. The smallest absolute Gasteiger partial charge is 0.0692 e. The summed E-state index contributed by atoms with van der Waals surface area (Å²) in [7, 11) is 0. The van der Waals surface area contributed by atoms with Gasteiger partial charge in [0, 0.05) is 18.7 Å². The third-order valence-electron chi connectivity index (χ3n) is 5.07. The molecule has 21 heavy (non-hydrogen) atoms. The molecule has 1 aromatic rings. The zero-order valence-electron chi connectivity index (χ0n) is 13.9. The minimum Gasteiger partial charge on any atom is -0.375 e. The van der Waals surface area contributed by atoms with Crippen LogP contribution in [0.2, 0.25) is 0 Å². The summed E-state index contributed by atoms with van der Waals surface area (Å²) in [5.41, 5.74) is 1.54. The van der Waals surface area contributed by atoms with Crippen LogP contribution in [0.5, 0.6) is 0 Å². The van der Waals surface area contributed by atoms with E-state index in [9.17, 15) is 0 Å². The molecular formula is C19H31NO. The molecule has 0 aromatic heterocycles. The molecule has 2 rings (SSSR count). The van der Waals surface area contributed by atoms with Crippen molar-refractivity contribution in [2.24, 2.45) is 0 Å². The first-order valence-corrected chi connectivity index (χ1v) is 8.65. The van der Waals surface area contributed by atoms with Crippen molar-refractivity contribution in [1.82, 2.24) is 5.32 Å². The number of hydrogen-bond acceptors (Lipinski definition) is 2. The molecular weight excluding hydrogens is 258 g/mol. The van der Waals surface area contributed by atoms with Crippen molar-refractivity contribution in [2.45, 2.75) is 77.0 Å². The molecule has 1 N–H and O–H groups in total. The van der Waals surface area contributed by atoms with Crippen molar-refractivity contribution in [1.29, 1.82) is 0 Å². The molecule has 0 bridgehead atoms. The van der Waals surface area contributed by atoms with Crippen LogP contribution in [0, 0.1) is 0 Å². The highest BCUT2D eigenvalue weighted by Crippen LogP contribution is 2.31. The predicted octanol–water partition coefficient (Wildman–Crippen LogP) is 4.34. The maximum Gasteiger partial charge on any atom is 0.0692 e. The van der Waals surface area contributed by atoms with E-state index < -0.39 is 0 Å². The molecule has 118 valence electrons. The van der Waals surface area contributed by atoms with Crippen LogP contribution in [0.4, 0.5) is 0 Å². The van der Waals surface area contributed by atoms with Crippen molar-refractivity contribution in [2.75, 3.05) is 6.61 Å². The second-order valence-electron chi connectivity index (χ2n) is 6.39. The first kappa shape index (κ1) is 16.5. The van der Waals surface area contributed by atoms with Crippen molar-refractivity contribution in [3.05, 3.63) is 35.9 Å². The maximum absolute atomic E-state index is 6.09. The molecule has 1 fully saturated rings. The van der Waals surface area contributed by atoms with E-state index in [0.717, 1.165) is 38.7 Å². The first-order valence-electron chi connectivity index (χ1n) is 8.65. The van der Waals surface area contributed by atoms with E-state index in [0.29, 0.717) is 12.1 Å². The molecule has 2 unspecified atom stereocenters. The molecule has 0 amide bonds. The van der Waals surface area contributed by atoms with Gasteiger partial charge in [0.1, 0.15) is 0 Å². The second kappa shape index (κ2) is 7.95. The van der Waals surface area contributed by atoms with Gasteiger partial charge in [-0.05, 0) is 44.1 Å². The SMILES string of the molecule is CCC(Cc1ccccc1)NC1CCOC(CC)(CC)C1. The van der Waals surface area contributed by atoms with Crippen LogP contribution >= 0.6 is 0 Å². The average molecular weight is 289 g/mol. The number of rotatable bonds is 7. The number of benzene rings is 1. The predicted molar refractivity (Wildman–Crippen MR) is 89.6 cm³/mol. The van der Waals surface area contributed by atoms with Gasteiger partial charge >= 0.3 is 0 Å². The van der Waals surface area contributed by atoms with Gasteiger partial charge in [-0.25, -0.2) is 0 Å². The molecule has 1 aliphatic rings. The van der Waals surface area contributed by atoms with E-state index in [2.05, 4.69) is 56.4 Å². The van der Waals surface area contributed by atoms with Crippen LogP contribution in [-0.4, -0.2) is 24.3 Å². The van der Waals surface area contributed by atoms with E-state index in [1.165, 1.54) is 12.0 Å². The first-order chi connectivity index (χ1) is 10.2. The molecule has 1 aliphatic heterocycles. The highest BCUT2D eigenvalue weighted by atomic mass is 16.5. The molecule has 1 aromatic carbocycles. The summed E-state index contributed by atoms with van der Waals surface area (Å²) in [5, 5.41) is 3.90. The number of hydrogen-bond donors (Lipinski definition) is 1. The van der Waals surface area contributed by atoms with Crippen LogP contribution in [0.1, 0.15) is 58.4 Å². The van der Waals surface area contributed by atoms with Crippen LogP contribution in [-0.2, 0) is 11.2 Å². The quantitative estimate of drug-likeness (QED) is 0.806. The largest absolute Gasteiger partial charge is 0.375 e. The fourth-order valence-electron chi connectivity index (χ4n) is 3.47. The summed E-state index contributed by atoms with van der Waals surface area (Å²) < 4.78 is 6.09. The monoisotopic (exact) mass is 289 g/mol. The second-order valence-corrected chi connectivity index (χ2v) is 6.39. The lowest BCUT2D eigenvalue weighted by Crippen LogP contribution is -2.49. The Hall–Kier alpha value is -0.860. The van der Waals surface area contributed by atoms with Crippen molar-refractivity contribution >= 4 is 0 Å². The van der Waals surface area contributed by atoms with Gasteiger partial charge in [0.25, 0.3) is 0 Å². The molecule has 2 heteroatoms. The van der Waals surface area contributed by atoms with Crippen LogP contribution in [0.15, 0.2) is 30.3 Å². The summed E-state index contributed by atoms with van der Waals surface area (Å²) in [6.45, 7) is 7.70. The highest BCUT2D eigenvalue weighted by Gasteiger charge is 2.34. The zero-order chi connectivity index (χ0) is 15.1. The lowest BCUT2D eigenvalue weighted by molar-refractivity contribution is -0.0941. The summed E-state index contributed by atoms with van der Waals surface area (Å²) in [5.74, 6) is 0. The molecule has 0 aliphatic carbocycles. The fraction of sp³-hybridized carbons (Fsp3) is 0.684. The lowest BCUT2D eigenvalue weighted by Gasteiger charge is -2.41. The zero-order valence-corrected chi connectivity index (χ0v) is 13.9. The topological polar surface area (TPSA) is 21.3 Å². The Kier molecular flexibility index (Phi) is 6.25. The Bertz CT molecular complexity index is 399. The van der Waals surface area contributed by atoms with Gasteiger partial charge < -0.3 is 10.1 Å². The third kappa shape index (κ3) is 4.55. The lowest BCUT2D eigenvalue weighted by atomic mass is 9.85. The normalized spacial score (nSPS) is 22.9. The van der Waals surface area contributed by atoms with E-state index in [-0.39, 0.29) is 5.60 Å². The molecule has 0 spiro atoms. The Labute approximate surface area is 130 Å². The van der Waals surface area contributed by atoms with Crippen LogP contribution in [0.25, 0.3) is 0 Å². The van der Waals surface area contributed by atoms with E-state index >= 15 is 0 Å². The Morgan fingerprint density at radius 2 is 1.90 bits per heavy atom. The van der Waals surface area contributed by atoms with E-state index in [1.54, 1.807) is 0 Å². The van der Waals surface area contributed by atoms with Crippen molar-refractivity contribution < 1.29 is 4.74 Å². The fourth-order valence-corrected chi connectivity index (χ4v) is 3.47. The molecule has 1 heterocycles. The summed E-state index contributed by atoms with van der Waals surface area (Å²) >= 11 is 0. The highest BCUT2D eigenvalue weighted by molar-refractivity contribution is 5.16. The Balaban J connectivity index is 1.92. The van der Waals surface area contributed by atoms with Gasteiger partial charge in [-0.15, -0.1) is 0 Å². The minimum absolute atomic E-state index is 0.112.